The molecular formula is C23H39N3O5. The largest absolute Gasteiger partial charge is 0.394 e. The van der Waals surface area contributed by atoms with Gasteiger partial charge in [-0.25, -0.2) is 0 Å². The Bertz CT molecular complexity index is 730. The molecule has 0 saturated carbocycles. The molecule has 2 bridgehead atoms. The summed E-state index contributed by atoms with van der Waals surface area (Å²) in [5.74, 6) is -2.08. The summed E-state index contributed by atoms with van der Waals surface area (Å²) in [6.45, 7) is 11.9. The molecule has 1 spiro atoms. The van der Waals surface area contributed by atoms with Crippen LogP contribution in [0.3, 0.4) is 0 Å². The van der Waals surface area contributed by atoms with Crippen molar-refractivity contribution in [3.8, 4) is 0 Å². The maximum Gasteiger partial charge on any atom is 0.246 e. The molecule has 8 nitrogen and oxygen atoms in total. The Hall–Kier alpha value is -1.67. The smallest absolute Gasteiger partial charge is 0.246 e. The van der Waals surface area contributed by atoms with Crippen LogP contribution in [0.25, 0.3) is 0 Å². The maximum atomic E-state index is 13.7. The zero-order chi connectivity index (χ0) is 23.1. The molecule has 3 N–H and O–H groups in total. The first-order valence-corrected chi connectivity index (χ1v) is 11.8. The first kappa shape index (κ1) is 24.0. The third-order valence-corrected chi connectivity index (χ3v) is 7.68. The van der Waals surface area contributed by atoms with Crippen molar-refractivity contribution in [1.29, 1.82) is 0 Å². The van der Waals surface area contributed by atoms with Gasteiger partial charge in [-0.15, -0.1) is 0 Å². The summed E-state index contributed by atoms with van der Waals surface area (Å²) in [5, 5.41) is 15.9. The van der Waals surface area contributed by atoms with Gasteiger partial charge in [0.15, 0.2) is 0 Å². The van der Waals surface area contributed by atoms with Gasteiger partial charge in [0, 0.05) is 12.6 Å². The van der Waals surface area contributed by atoms with E-state index in [4.69, 9.17) is 4.74 Å². The summed E-state index contributed by atoms with van der Waals surface area (Å²) in [6.07, 6.45) is 3.09. The van der Waals surface area contributed by atoms with E-state index < -0.39 is 35.1 Å². The SMILES string of the molecule is CCCNC(=O)[C@@H]1[C@H]2C(=O)N([C@H](C)CO)C(C(=O)NC(C)CCC)C23CC(C)[C@@]1(C)O3. The number of hydrogen-bond donors (Lipinski definition) is 3. The number of nitrogens with zero attached hydrogens (tertiary/aromatic N) is 1. The van der Waals surface area contributed by atoms with E-state index >= 15 is 0 Å². The average molecular weight is 438 g/mol. The topological polar surface area (TPSA) is 108 Å². The molecule has 8 atom stereocenters. The maximum absolute atomic E-state index is 13.7. The van der Waals surface area contributed by atoms with Crippen molar-refractivity contribution in [2.24, 2.45) is 17.8 Å². The zero-order valence-electron chi connectivity index (χ0n) is 19.7. The minimum absolute atomic E-state index is 0.0154. The fraction of sp³-hybridized carbons (Fsp3) is 0.870. The van der Waals surface area contributed by atoms with Gasteiger partial charge in [0.25, 0.3) is 0 Å². The second-order valence-electron chi connectivity index (χ2n) is 9.97. The van der Waals surface area contributed by atoms with Crippen LogP contribution >= 0.6 is 0 Å². The normalized spacial score (nSPS) is 38.2. The van der Waals surface area contributed by atoms with E-state index in [0.717, 1.165) is 19.3 Å². The average Bonchev–Trinajstić information content (AvgIpc) is 3.22. The highest BCUT2D eigenvalue weighted by Crippen LogP contribution is 2.65. The number of aliphatic hydroxyl groups is 1. The van der Waals surface area contributed by atoms with Gasteiger partial charge in [-0.1, -0.05) is 27.2 Å². The summed E-state index contributed by atoms with van der Waals surface area (Å²) < 4.78 is 6.60. The molecule has 0 aromatic rings. The number of carbonyl (C=O) groups excluding carboxylic acids is 3. The lowest BCUT2D eigenvalue weighted by Gasteiger charge is -2.36. The van der Waals surface area contributed by atoms with Gasteiger partial charge in [0.2, 0.25) is 17.7 Å². The molecule has 3 saturated heterocycles. The molecule has 3 heterocycles. The van der Waals surface area contributed by atoms with E-state index in [1.165, 1.54) is 4.90 Å². The Kier molecular flexibility index (Phi) is 6.73. The van der Waals surface area contributed by atoms with Gasteiger partial charge in [-0.05, 0) is 46.0 Å². The van der Waals surface area contributed by atoms with E-state index in [2.05, 4.69) is 17.6 Å². The third-order valence-electron chi connectivity index (χ3n) is 7.68. The van der Waals surface area contributed by atoms with Gasteiger partial charge in [0.1, 0.15) is 11.6 Å². The zero-order valence-corrected chi connectivity index (χ0v) is 19.7. The van der Waals surface area contributed by atoms with Crippen molar-refractivity contribution in [1.82, 2.24) is 15.5 Å². The molecule has 0 radical (unpaired) electrons. The number of hydrogen-bond acceptors (Lipinski definition) is 5. The Morgan fingerprint density at radius 3 is 2.52 bits per heavy atom. The summed E-state index contributed by atoms with van der Waals surface area (Å²) in [6, 6.07) is -1.45. The lowest BCUT2D eigenvalue weighted by atomic mass is 9.62. The quantitative estimate of drug-likeness (QED) is 0.503. The molecule has 31 heavy (non-hydrogen) atoms. The first-order chi connectivity index (χ1) is 14.6. The van der Waals surface area contributed by atoms with Crippen LogP contribution in [0.5, 0.6) is 0 Å². The van der Waals surface area contributed by atoms with Crippen LogP contribution in [0.2, 0.25) is 0 Å². The number of fused-ring (bicyclic) bond motifs is 1. The molecule has 176 valence electrons. The van der Waals surface area contributed by atoms with Crippen molar-refractivity contribution >= 4 is 17.7 Å². The number of likely N-dealkylation sites (tertiary alicyclic amines) is 1. The van der Waals surface area contributed by atoms with Crippen LogP contribution in [0, 0.1) is 17.8 Å². The fourth-order valence-electron chi connectivity index (χ4n) is 6.12. The number of nitrogens with one attached hydrogen (secondary N) is 2. The molecular weight excluding hydrogens is 398 g/mol. The molecule has 0 aliphatic carbocycles. The molecule has 0 aromatic carbocycles. The highest BCUT2D eigenvalue weighted by molar-refractivity contribution is 5.99. The highest BCUT2D eigenvalue weighted by Gasteiger charge is 2.80. The van der Waals surface area contributed by atoms with Gasteiger partial charge in [0.05, 0.1) is 30.1 Å². The molecule has 4 unspecified atom stereocenters. The van der Waals surface area contributed by atoms with Gasteiger partial charge < -0.3 is 25.4 Å². The van der Waals surface area contributed by atoms with Gasteiger partial charge in [-0.3, -0.25) is 14.4 Å². The number of amides is 3. The summed E-state index contributed by atoms with van der Waals surface area (Å²) in [4.78, 5) is 41.9. The van der Waals surface area contributed by atoms with E-state index in [-0.39, 0.29) is 36.3 Å². The van der Waals surface area contributed by atoms with E-state index in [1.807, 2.05) is 27.7 Å². The van der Waals surface area contributed by atoms with E-state index in [9.17, 15) is 19.5 Å². The van der Waals surface area contributed by atoms with Crippen molar-refractivity contribution in [3.63, 3.8) is 0 Å². The lowest BCUT2D eigenvalue weighted by molar-refractivity contribution is -0.150. The minimum atomic E-state index is -1.06. The number of aliphatic hydroxyl groups excluding tert-OH is 1. The van der Waals surface area contributed by atoms with E-state index in [1.54, 1.807) is 6.92 Å². The van der Waals surface area contributed by atoms with Crippen LogP contribution in [0.15, 0.2) is 0 Å². The second-order valence-corrected chi connectivity index (χ2v) is 9.97. The summed E-state index contributed by atoms with van der Waals surface area (Å²) in [5.41, 5.74) is -1.86. The molecule has 8 heteroatoms. The van der Waals surface area contributed by atoms with Crippen molar-refractivity contribution in [2.45, 2.75) is 96.6 Å². The molecule has 3 fully saturated rings. The van der Waals surface area contributed by atoms with Crippen LogP contribution in [0.1, 0.15) is 67.2 Å². The van der Waals surface area contributed by atoms with Crippen molar-refractivity contribution in [2.75, 3.05) is 13.2 Å². The molecule has 3 rings (SSSR count). The summed E-state index contributed by atoms with van der Waals surface area (Å²) >= 11 is 0. The molecule has 3 aliphatic heterocycles. The predicted molar refractivity (Wildman–Crippen MR) is 116 cm³/mol. The second kappa shape index (κ2) is 8.70. The van der Waals surface area contributed by atoms with Crippen LogP contribution in [-0.4, -0.2) is 70.2 Å². The minimum Gasteiger partial charge on any atom is -0.394 e. The predicted octanol–water partition coefficient (Wildman–Crippen LogP) is 1.21. The Balaban J connectivity index is 2.04. The van der Waals surface area contributed by atoms with Crippen LogP contribution in [0.4, 0.5) is 0 Å². The monoisotopic (exact) mass is 437 g/mol. The molecule has 0 aromatic heterocycles. The number of rotatable bonds is 9. The van der Waals surface area contributed by atoms with Gasteiger partial charge in [-0.2, -0.15) is 0 Å². The van der Waals surface area contributed by atoms with Crippen molar-refractivity contribution in [3.05, 3.63) is 0 Å². The lowest BCUT2D eigenvalue weighted by Crippen LogP contribution is -2.58. The number of ether oxygens (including phenoxy) is 1. The molecule has 3 amide bonds. The van der Waals surface area contributed by atoms with Gasteiger partial charge >= 0.3 is 0 Å². The van der Waals surface area contributed by atoms with Crippen LogP contribution in [-0.2, 0) is 19.1 Å². The first-order valence-electron chi connectivity index (χ1n) is 11.8. The molecule has 3 aliphatic rings. The Morgan fingerprint density at radius 2 is 1.94 bits per heavy atom. The fourth-order valence-corrected chi connectivity index (χ4v) is 6.12. The van der Waals surface area contributed by atoms with Crippen LogP contribution < -0.4 is 10.6 Å². The van der Waals surface area contributed by atoms with E-state index in [0.29, 0.717) is 13.0 Å². The Labute approximate surface area is 185 Å². The Morgan fingerprint density at radius 1 is 1.26 bits per heavy atom. The standard InChI is InChI=1S/C23H39N3O5/c1-7-9-14(4)25-20(29)18-23-11-13(3)22(6,31-23)16(19(28)24-10-8-2)17(23)21(30)26(18)15(5)12-27/h13-18,27H,7-12H2,1-6H3,(H,24,28)(H,25,29)/t13?,14?,15-,16+,17+,18?,22-,23?/m1/s1. The van der Waals surface area contributed by atoms with Crippen molar-refractivity contribution < 1.29 is 24.2 Å². The summed E-state index contributed by atoms with van der Waals surface area (Å²) in [7, 11) is 0. The number of carbonyl (C=O) groups is 3. The third kappa shape index (κ3) is 3.55. The highest BCUT2D eigenvalue weighted by atomic mass is 16.5.